The summed E-state index contributed by atoms with van der Waals surface area (Å²) in [6.45, 7) is 8.20. The second-order valence-corrected chi connectivity index (χ2v) is 4.80. The Kier molecular flexibility index (Phi) is 4.68. The van der Waals surface area contributed by atoms with Crippen LogP contribution in [-0.4, -0.2) is 33.4 Å². The summed E-state index contributed by atoms with van der Waals surface area (Å²) >= 11 is 0. The maximum absolute atomic E-state index is 5.99. The minimum absolute atomic E-state index is 0.713. The lowest BCUT2D eigenvalue weighted by atomic mass is 10.0. The number of tetrazole rings is 1. The maximum Gasteiger partial charge on any atom is 0.182 e. The number of aromatic nitrogens is 4. The summed E-state index contributed by atoms with van der Waals surface area (Å²) in [6.07, 6.45) is 0.881. The molecule has 2 rings (SSSR count). The molecule has 0 spiro atoms. The van der Waals surface area contributed by atoms with E-state index in [0.717, 1.165) is 47.8 Å². The van der Waals surface area contributed by atoms with Crippen LogP contribution >= 0.6 is 0 Å². The van der Waals surface area contributed by atoms with Gasteiger partial charge in [0.05, 0.1) is 0 Å². The minimum Gasteiger partial charge on any atom is -0.398 e. The molecule has 0 amide bonds. The molecule has 108 valence electrons. The Hall–Kier alpha value is -1.95. The van der Waals surface area contributed by atoms with Gasteiger partial charge in [-0.1, -0.05) is 6.07 Å². The van der Waals surface area contributed by atoms with Crippen molar-refractivity contribution >= 4 is 5.69 Å². The van der Waals surface area contributed by atoms with Gasteiger partial charge in [-0.3, -0.25) is 0 Å². The van der Waals surface area contributed by atoms with Crippen LogP contribution in [0, 0.1) is 13.8 Å². The fraction of sp³-hybridized carbons (Fsp3) is 0.500. The van der Waals surface area contributed by atoms with Crippen LogP contribution in [0.25, 0.3) is 11.4 Å². The Morgan fingerprint density at radius 2 is 2.05 bits per heavy atom. The molecule has 0 saturated heterocycles. The summed E-state index contributed by atoms with van der Waals surface area (Å²) in [5.41, 5.74) is 9.92. The molecule has 20 heavy (non-hydrogen) atoms. The van der Waals surface area contributed by atoms with E-state index >= 15 is 0 Å². The zero-order valence-corrected chi connectivity index (χ0v) is 12.3. The zero-order valence-electron chi connectivity index (χ0n) is 12.3. The molecule has 0 aliphatic rings. The molecule has 0 aliphatic carbocycles. The van der Waals surface area contributed by atoms with Crippen LogP contribution in [0.3, 0.4) is 0 Å². The van der Waals surface area contributed by atoms with Crippen molar-refractivity contribution in [1.82, 2.24) is 20.2 Å². The number of hydrogen-bond donors (Lipinski definition) is 1. The van der Waals surface area contributed by atoms with Crippen LogP contribution in [0.2, 0.25) is 0 Å². The van der Waals surface area contributed by atoms with Crippen LogP contribution in [0.1, 0.15) is 24.5 Å². The van der Waals surface area contributed by atoms with Crippen LogP contribution in [-0.2, 0) is 11.3 Å². The van der Waals surface area contributed by atoms with Crippen LogP contribution in [0.15, 0.2) is 12.1 Å². The summed E-state index contributed by atoms with van der Waals surface area (Å²) in [4.78, 5) is 0. The number of ether oxygens (including phenoxy) is 1. The summed E-state index contributed by atoms with van der Waals surface area (Å²) < 4.78 is 7.14. The molecule has 2 N–H and O–H groups in total. The van der Waals surface area contributed by atoms with Gasteiger partial charge in [-0.25, -0.2) is 4.68 Å². The van der Waals surface area contributed by atoms with E-state index in [1.54, 1.807) is 4.68 Å². The third-order valence-corrected chi connectivity index (χ3v) is 3.25. The number of nitrogen functional groups attached to an aromatic ring is 1. The molecule has 1 aromatic heterocycles. The van der Waals surface area contributed by atoms with E-state index in [2.05, 4.69) is 21.6 Å². The number of benzene rings is 1. The first-order chi connectivity index (χ1) is 9.63. The van der Waals surface area contributed by atoms with E-state index in [1.807, 2.05) is 26.8 Å². The molecule has 0 radical (unpaired) electrons. The lowest BCUT2D eigenvalue weighted by Gasteiger charge is -2.10. The van der Waals surface area contributed by atoms with Gasteiger partial charge in [-0.05, 0) is 54.8 Å². The van der Waals surface area contributed by atoms with E-state index < -0.39 is 0 Å². The first-order valence-corrected chi connectivity index (χ1v) is 6.84. The molecule has 0 saturated carbocycles. The van der Waals surface area contributed by atoms with Crippen LogP contribution in [0.4, 0.5) is 5.69 Å². The lowest BCUT2D eigenvalue weighted by molar-refractivity contribution is 0.140. The molecule has 0 unspecified atom stereocenters. The van der Waals surface area contributed by atoms with Crippen molar-refractivity contribution < 1.29 is 4.74 Å². The van der Waals surface area contributed by atoms with Gasteiger partial charge in [0.25, 0.3) is 0 Å². The summed E-state index contributed by atoms with van der Waals surface area (Å²) in [5, 5.41) is 11.9. The molecule has 1 aromatic carbocycles. The number of rotatable bonds is 6. The highest BCUT2D eigenvalue weighted by atomic mass is 16.5. The highest BCUT2D eigenvalue weighted by molar-refractivity contribution is 5.67. The summed E-state index contributed by atoms with van der Waals surface area (Å²) in [7, 11) is 0. The zero-order chi connectivity index (χ0) is 14.5. The van der Waals surface area contributed by atoms with Gasteiger partial charge < -0.3 is 10.5 Å². The molecule has 2 aromatic rings. The highest BCUT2D eigenvalue weighted by Gasteiger charge is 2.12. The number of nitrogens with zero attached hydrogens (tertiary/aromatic N) is 4. The van der Waals surface area contributed by atoms with Crippen molar-refractivity contribution in [2.24, 2.45) is 0 Å². The van der Waals surface area contributed by atoms with Gasteiger partial charge in [0, 0.05) is 31.0 Å². The fourth-order valence-electron chi connectivity index (χ4n) is 2.12. The van der Waals surface area contributed by atoms with Crippen molar-refractivity contribution in [3.8, 4) is 11.4 Å². The molecule has 6 heteroatoms. The second-order valence-electron chi connectivity index (χ2n) is 4.80. The van der Waals surface area contributed by atoms with Crippen molar-refractivity contribution in [2.45, 2.75) is 33.7 Å². The molecule has 0 aliphatic heterocycles. The van der Waals surface area contributed by atoms with E-state index in [9.17, 15) is 0 Å². The van der Waals surface area contributed by atoms with Crippen LogP contribution < -0.4 is 5.73 Å². The average molecular weight is 275 g/mol. The number of nitrogens with two attached hydrogens (primary N) is 1. The monoisotopic (exact) mass is 275 g/mol. The Balaban J connectivity index is 2.21. The minimum atomic E-state index is 0.713. The molecule has 0 bridgehead atoms. The Labute approximate surface area is 118 Å². The van der Waals surface area contributed by atoms with Crippen molar-refractivity contribution in [1.29, 1.82) is 0 Å². The number of aryl methyl sites for hydroxylation is 3. The first kappa shape index (κ1) is 14.5. The average Bonchev–Trinajstić information content (AvgIpc) is 2.87. The van der Waals surface area contributed by atoms with Crippen molar-refractivity contribution in [3.63, 3.8) is 0 Å². The Morgan fingerprint density at radius 3 is 2.80 bits per heavy atom. The lowest BCUT2D eigenvalue weighted by Crippen LogP contribution is -2.07. The fourth-order valence-corrected chi connectivity index (χ4v) is 2.12. The first-order valence-electron chi connectivity index (χ1n) is 6.84. The van der Waals surface area contributed by atoms with Crippen molar-refractivity contribution in [3.05, 3.63) is 23.3 Å². The molecular formula is C14H21N5O. The third kappa shape index (κ3) is 3.14. The summed E-state index contributed by atoms with van der Waals surface area (Å²) in [6, 6.07) is 4.00. The van der Waals surface area contributed by atoms with Gasteiger partial charge in [0.15, 0.2) is 5.82 Å². The smallest absolute Gasteiger partial charge is 0.182 e. The van der Waals surface area contributed by atoms with E-state index in [0.29, 0.717) is 6.61 Å². The normalized spacial score (nSPS) is 10.9. The predicted octanol–water partition coefficient (Wildman–Crippen LogP) is 1.97. The van der Waals surface area contributed by atoms with Gasteiger partial charge in [-0.15, -0.1) is 5.10 Å². The number of anilines is 1. The summed E-state index contributed by atoms with van der Waals surface area (Å²) in [5.74, 6) is 0.755. The molecule has 1 heterocycles. The van der Waals surface area contributed by atoms with Gasteiger partial charge in [0.1, 0.15) is 0 Å². The largest absolute Gasteiger partial charge is 0.398 e. The van der Waals surface area contributed by atoms with Gasteiger partial charge in [-0.2, -0.15) is 0 Å². The molecule has 0 fully saturated rings. The maximum atomic E-state index is 5.99. The topological polar surface area (TPSA) is 78.8 Å². The number of hydrogen-bond acceptors (Lipinski definition) is 5. The van der Waals surface area contributed by atoms with Crippen LogP contribution in [0.5, 0.6) is 0 Å². The van der Waals surface area contributed by atoms with E-state index in [-0.39, 0.29) is 0 Å². The second kappa shape index (κ2) is 6.47. The van der Waals surface area contributed by atoms with E-state index in [1.165, 1.54) is 0 Å². The van der Waals surface area contributed by atoms with Gasteiger partial charge >= 0.3 is 0 Å². The SMILES string of the molecule is CCOCCCn1nnnc1-c1cc(N)c(C)cc1C. The molecule has 6 nitrogen and oxygen atoms in total. The third-order valence-electron chi connectivity index (χ3n) is 3.25. The van der Waals surface area contributed by atoms with Gasteiger partial charge in [0.2, 0.25) is 0 Å². The Morgan fingerprint density at radius 1 is 1.25 bits per heavy atom. The predicted molar refractivity (Wildman–Crippen MR) is 78.2 cm³/mol. The quantitative estimate of drug-likeness (QED) is 0.644. The van der Waals surface area contributed by atoms with Crippen molar-refractivity contribution in [2.75, 3.05) is 18.9 Å². The highest BCUT2D eigenvalue weighted by Crippen LogP contribution is 2.25. The standard InChI is InChI=1S/C14H21N5O/c1-4-20-7-5-6-19-14(16-17-18-19)12-9-13(15)11(3)8-10(12)2/h8-9H,4-7,15H2,1-3H3. The molecule has 0 atom stereocenters. The van der Waals surface area contributed by atoms with E-state index in [4.69, 9.17) is 10.5 Å². The molecular weight excluding hydrogens is 254 g/mol. The Bertz CT molecular complexity index is 579.